The van der Waals surface area contributed by atoms with Crippen molar-refractivity contribution in [1.82, 2.24) is 0 Å². The third kappa shape index (κ3) is 4.34. The molecule has 4 nitrogen and oxygen atoms in total. The Morgan fingerprint density at radius 2 is 2.22 bits per heavy atom. The normalized spacial score (nSPS) is 10.4. The minimum absolute atomic E-state index is 0.172. The first kappa shape index (κ1) is 15.0. The number of hydrogen-bond acceptors (Lipinski definition) is 4. The number of anilines is 1. The van der Waals surface area contributed by atoms with Crippen molar-refractivity contribution >= 4 is 34.7 Å². The van der Waals surface area contributed by atoms with E-state index in [0.29, 0.717) is 6.54 Å². The third-order valence-electron chi connectivity index (χ3n) is 2.33. The Labute approximate surface area is 114 Å². The fourth-order valence-corrected chi connectivity index (χ4v) is 2.07. The van der Waals surface area contributed by atoms with Gasteiger partial charge in [-0.25, -0.2) is 4.39 Å². The molecule has 100 valence electrons. The second-order valence-corrected chi connectivity index (χ2v) is 5.06. The highest BCUT2D eigenvalue weighted by molar-refractivity contribution is 7.98. The molecule has 0 aliphatic heterocycles. The van der Waals surface area contributed by atoms with Gasteiger partial charge in [0.25, 0.3) is 5.69 Å². The van der Waals surface area contributed by atoms with Crippen molar-refractivity contribution in [2.24, 2.45) is 0 Å². The fraction of sp³-hybridized carbons (Fsp3) is 0.455. The molecule has 0 saturated heterocycles. The Balaban J connectivity index is 2.68. The topological polar surface area (TPSA) is 55.2 Å². The van der Waals surface area contributed by atoms with Crippen LogP contribution in [0.2, 0.25) is 5.02 Å². The minimum atomic E-state index is -0.658. The van der Waals surface area contributed by atoms with Crippen LogP contribution in [-0.4, -0.2) is 23.5 Å². The molecule has 0 aliphatic carbocycles. The summed E-state index contributed by atoms with van der Waals surface area (Å²) < 4.78 is 13.3. The maximum Gasteiger partial charge on any atom is 0.294 e. The van der Waals surface area contributed by atoms with E-state index >= 15 is 0 Å². The van der Waals surface area contributed by atoms with Crippen molar-refractivity contribution in [3.8, 4) is 0 Å². The molecule has 0 saturated carbocycles. The van der Waals surface area contributed by atoms with Crippen molar-refractivity contribution in [1.29, 1.82) is 0 Å². The molecule has 0 unspecified atom stereocenters. The van der Waals surface area contributed by atoms with Gasteiger partial charge in [-0.05, 0) is 24.9 Å². The van der Waals surface area contributed by atoms with Gasteiger partial charge in [-0.2, -0.15) is 11.8 Å². The van der Waals surface area contributed by atoms with Gasteiger partial charge in [-0.15, -0.1) is 0 Å². The monoisotopic (exact) mass is 292 g/mol. The highest BCUT2D eigenvalue weighted by Crippen LogP contribution is 2.30. The quantitative estimate of drug-likeness (QED) is 0.470. The SMILES string of the molecule is CSCCCCNc1cc(F)c(Cl)cc1[N+](=O)[O-]. The number of nitrogens with one attached hydrogen (secondary N) is 1. The zero-order valence-corrected chi connectivity index (χ0v) is 11.5. The molecular formula is C11H14ClFN2O2S. The van der Waals surface area contributed by atoms with E-state index in [0.717, 1.165) is 30.7 Å². The highest BCUT2D eigenvalue weighted by Gasteiger charge is 2.17. The number of rotatable bonds is 7. The number of nitrogens with zero attached hydrogens (tertiary/aromatic N) is 1. The summed E-state index contributed by atoms with van der Waals surface area (Å²) in [4.78, 5) is 10.2. The predicted molar refractivity (Wildman–Crippen MR) is 74.2 cm³/mol. The lowest BCUT2D eigenvalue weighted by molar-refractivity contribution is -0.384. The second kappa shape index (κ2) is 7.43. The van der Waals surface area contributed by atoms with Gasteiger partial charge < -0.3 is 5.32 Å². The lowest BCUT2D eigenvalue weighted by atomic mass is 10.2. The molecule has 18 heavy (non-hydrogen) atoms. The van der Waals surface area contributed by atoms with Crippen LogP contribution in [0.15, 0.2) is 12.1 Å². The Morgan fingerprint density at radius 3 is 2.83 bits per heavy atom. The summed E-state index contributed by atoms with van der Waals surface area (Å²) in [5.41, 5.74) is -0.0303. The van der Waals surface area contributed by atoms with Gasteiger partial charge >= 0.3 is 0 Å². The van der Waals surface area contributed by atoms with Crippen LogP contribution >= 0.6 is 23.4 Å². The van der Waals surface area contributed by atoms with Crippen molar-refractivity contribution < 1.29 is 9.31 Å². The van der Waals surface area contributed by atoms with Crippen LogP contribution in [0.1, 0.15) is 12.8 Å². The molecule has 1 aromatic rings. The molecule has 1 N–H and O–H groups in total. The molecule has 0 bridgehead atoms. The summed E-state index contributed by atoms with van der Waals surface area (Å²) in [6.45, 7) is 0.572. The number of nitro groups is 1. The van der Waals surface area contributed by atoms with Crippen LogP contribution in [-0.2, 0) is 0 Å². The minimum Gasteiger partial charge on any atom is -0.379 e. The molecule has 0 amide bonds. The van der Waals surface area contributed by atoms with Crippen molar-refractivity contribution in [2.75, 3.05) is 23.9 Å². The van der Waals surface area contributed by atoms with E-state index in [1.165, 1.54) is 0 Å². The van der Waals surface area contributed by atoms with E-state index in [-0.39, 0.29) is 16.4 Å². The zero-order chi connectivity index (χ0) is 13.5. The van der Waals surface area contributed by atoms with Crippen LogP contribution in [0.4, 0.5) is 15.8 Å². The van der Waals surface area contributed by atoms with E-state index in [4.69, 9.17) is 11.6 Å². The van der Waals surface area contributed by atoms with Gasteiger partial charge in [-0.1, -0.05) is 11.6 Å². The van der Waals surface area contributed by atoms with Gasteiger partial charge in [0.05, 0.1) is 9.95 Å². The molecule has 0 aliphatic rings. The molecule has 0 aromatic heterocycles. The summed E-state index contributed by atoms with van der Waals surface area (Å²) in [7, 11) is 0. The van der Waals surface area contributed by atoms with Crippen molar-refractivity contribution in [2.45, 2.75) is 12.8 Å². The summed E-state index contributed by atoms with van der Waals surface area (Å²) in [5, 5.41) is 13.4. The smallest absolute Gasteiger partial charge is 0.294 e. The number of hydrogen-bond donors (Lipinski definition) is 1. The maximum absolute atomic E-state index is 13.3. The summed E-state index contributed by atoms with van der Waals surface area (Å²) in [6.07, 6.45) is 3.91. The van der Waals surface area contributed by atoms with Crippen LogP contribution in [0.5, 0.6) is 0 Å². The standard InChI is InChI=1S/C11H14ClFN2O2S/c1-18-5-3-2-4-14-10-7-9(13)8(12)6-11(10)15(16)17/h6-7,14H,2-5H2,1H3. The van der Waals surface area contributed by atoms with Gasteiger partial charge in [0.2, 0.25) is 0 Å². The Bertz CT molecular complexity index is 432. The average molecular weight is 293 g/mol. The molecule has 1 aromatic carbocycles. The first-order chi connectivity index (χ1) is 8.56. The summed E-state index contributed by atoms with van der Waals surface area (Å²) in [6, 6.07) is 2.09. The fourth-order valence-electron chi connectivity index (χ4n) is 1.42. The van der Waals surface area contributed by atoms with Crippen LogP contribution in [0.3, 0.4) is 0 Å². The van der Waals surface area contributed by atoms with Gasteiger partial charge in [0.1, 0.15) is 11.5 Å². The lowest BCUT2D eigenvalue weighted by Crippen LogP contribution is -2.05. The van der Waals surface area contributed by atoms with E-state index in [1.807, 2.05) is 6.26 Å². The molecule has 0 heterocycles. The number of nitro benzene ring substituents is 1. The molecule has 1 rings (SSSR count). The van der Waals surface area contributed by atoms with E-state index in [1.54, 1.807) is 11.8 Å². The average Bonchev–Trinajstić information content (AvgIpc) is 2.32. The van der Waals surface area contributed by atoms with Crippen molar-refractivity contribution in [3.05, 3.63) is 33.1 Å². The van der Waals surface area contributed by atoms with Crippen LogP contribution < -0.4 is 5.32 Å². The Kier molecular flexibility index (Phi) is 6.21. The number of unbranched alkanes of at least 4 members (excludes halogenated alkanes) is 1. The van der Waals surface area contributed by atoms with Crippen LogP contribution in [0.25, 0.3) is 0 Å². The van der Waals surface area contributed by atoms with Gasteiger partial charge in [-0.3, -0.25) is 10.1 Å². The molecule has 7 heteroatoms. The maximum atomic E-state index is 13.3. The Morgan fingerprint density at radius 1 is 1.50 bits per heavy atom. The first-order valence-corrected chi connectivity index (χ1v) is 7.19. The zero-order valence-electron chi connectivity index (χ0n) is 9.91. The predicted octanol–water partition coefficient (Wildman–Crippen LogP) is 3.94. The van der Waals surface area contributed by atoms with E-state index in [2.05, 4.69) is 5.32 Å². The molecule has 0 spiro atoms. The molecule has 0 fully saturated rings. The van der Waals surface area contributed by atoms with Crippen molar-refractivity contribution in [3.63, 3.8) is 0 Å². The molecule has 0 atom stereocenters. The van der Waals surface area contributed by atoms with E-state index < -0.39 is 10.7 Å². The molecular weight excluding hydrogens is 279 g/mol. The van der Waals surface area contributed by atoms with Crippen LogP contribution in [0, 0.1) is 15.9 Å². The highest BCUT2D eigenvalue weighted by atomic mass is 35.5. The second-order valence-electron chi connectivity index (χ2n) is 3.67. The lowest BCUT2D eigenvalue weighted by Gasteiger charge is -2.07. The number of thioether (sulfide) groups is 1. The Hall–Kier alpha value is -1.01. The number of benzene rings is 1. The summed E-state index contributed by atoms with van der Waals surface area (Å²) in [5.74, 6) is 0.382. The molecule has 0 radical (unpaired) electrons. The van der Waals surface area contributed by atoms with Gasteiger partial charge in [0, 0.05) is 18.7 Å². The van der Waals surface area contributed by atoms with Gasteiger partial charge in [0.15, 0.2) is 0 Å². The first-order valence-electron chi connectivity index (χ1n) is 5.42. The third-order valence-corrected chi connectivity index (χ3v) is 3.31. The largest absolute Gasteiger partial charge is 0.379 e. The number of halogens is 2. The summed E-state index contributed by atoms with van der Waals surface area (Å²) >= 11 is 7.27. The van der Waals surface area contributed by atoms with E-state index in [9.17, 15) is 14.5 Å².